The lowest BCUT2D eigenvalue weighted by atomic mass is 9.98. The van der Waals surface area contributed by atoms with Gasteiger partial charge in [0.1, 0.15) is 18.2 Å². The minimum atomic E-state index is -0.563. The largest absolute Gasteiger partial charge is 0.491 e. The summed E-state index contributed by atoms with van der Waals surface area (Å²) >= 11 is 6.00. The van der Waals surface area contributed by atoms with Crippen molar-refractivity contribution in [3.8, 4) is 5.75 Å². The van der Waals surface area contributed by atoms with E-state index in [0.29, 0.717) is 24.5 Å². The van der Waals surface area contributed by atoms with Gasteiger partial charge >= 0.3 is 0 Å². The number of rotatable bonds is 6. The van der Waals surface area contributed by atoms with E-state index in [9.17, 15) is 4.39 Å². The molecule has 0 spiro atoms. The third-order valence-electron chi connectivity index (χ3n) is 3.12. The Morgan fingerprint density at radius 3 is 2.57 bits per heavy atom. The van der Waals surface area contributed by atoms with Gasteiger partial charge < -0.3 is 15.2 Å². The Hall–Kier alpha value is -1.62. The van der Waals surface area contributed by atoms with Crippen molar-refractivity contribution < 1.29 is 13.9 Å². The minimum Gasteiger partial charge on any atom is -0.491 e. The first-order chi connectivity index (χ1) is 10.1. The quantitative estimate of drug-likeness (QED) is 0.830. The van der Waals surface area contributed by atoms with Crippen molar-refractivity contribution in [2.75, 3.05) is 20.3 Å². The maximum Gasteiger partial charge on any atom is 0.142 e. The van der Waals surface area contributed by atoms with E-state index >= 15 is 0 Å². The van der Waals surface area contributed by atoms with Gasteiger partial charge in [-0.2, -0.15) is 0 Å². The van der Waals surface area contributed by atoms with Crippen LogP contribution < -0.4 is 10.5 Å². The molecule has 0 aromatic heterocycles. The Morgan fingerprint density at radius 2 is 1.81 bits per heavy atom. The van der Waals surface area contributed by atoms with Gasteiger partial charge in [0.2, 0.25) is 0 Å². The highest BCUT2D eigenvalue weighted by molar-refractivity contribution is 6.31. The molecule has 1 unspecified atom stereocenters. The summed E-state index contributed by atoms with van der Waals surface area (Å²) in [7, 11) is 1.60. The zero-order valence-electron chi connectivity index (χ0n) is 11.7. The van der Waals surface area contributed by atoms with Crippen LogP contribution in [0.3, 0.4) is 0 Å². The Bertz CT molecular complexity index is 607. The lowest BCUT2D eigenvalue weighted by molar-refractivity contribution is 0.145. The van der Waals surface area contributed by atoms with Gasteiger partial charge in [-0.25, -0.2) is 4.39 Å². The molecule has 21 heavy (non-hydrogen) atoms. The molecular weight excluding hydrogens is 293 g/mol. The molecule has 0 amide bonds. The van der Waals surface area contributed by atoms with Crippen molar-refractivity contribution in [2.45, 2.75) is 6.04 Å². The fraction of sp³-hybridized carbons (Fsp3) is 0.250. The molecule has 1 atom stereocenters. The van der Waals surface area contributed by atoms with Crippen LogP contribution in [0.1, 0.15) is 17.2 Å². The molecule has 0 heterocycles. The molecule has 0 saturated carbocycles. The van der Waals surface area contributed by atoms with E-state index in [4.69, 9.17) is 26.8 Å². The third kappa shape index (κ3) is 3.73. The van der Waals surface area contributed by atoms with E-state index < -0.39 is 11.9 Å². The second-order valence-electron chi connectivity index (χ2n) is 4.50. The van der Waals surface area contributed by atoms with Crippen LogP contribution in [0.25, 0.3) is 0 Å². The van der Waals surface area contributed by atoms with E-state index in [2.05, 4.69) is 0 Å². The van der Waals surface area contributed by atoms with Crippen molar-refractivity contribution in [3.63, 3.8) is 0 Å². The van der Waals surface area contributed by atoms with Gasteiger partial charge in [-0.1, -0.05) is 41.9 Å². The summed E-state index contributed by atoms with van der Waals surface area (Å²) < 4.78 is 24.2. The van der Waals surface area contributed by atoms with Gasteiger partial charge in [0.25, 0.3) is 0 Å². The van der Waals surface area contributed by atoms with Crippen LogP contribution >= 0.6 is 11.6 Å². The van der Waals surface area contributed by atoms with Gasteiger partial charge in [0.15, 0.2) is 0 Å². The van der Waals surface area contributed by atoms with Crippen LogP contribution in [0.2, 0.25) is 5.02 Å². The van der Waals surface area contributed by atoms with Crippen molar-refractivity contribution in [1.29, 1.82) is 0 Å². The summed E-state index contributed by atoms with van der Waals surface area (Å²) in [5, 5.41) is 0.0386. The van der Waals surface area contributed by atoms with E-state index in [1.807, 2.05) is 24.3 Å². The number of hydrogen-bond donors (Lipinski definition) is 1. The highest BCUT2D eigenvalue weighted by Gasteiger charge is 2.18. The van der Waals surface area contributed by atoms with Crippen molar-refractivity contribution >= 4 is 11.6 Å². The third-order valence-corrected chi connectivity index (χ3v) is 3.51. The number of nitrogens with two attached hydrogens (primary N) is 1. The normalized spacial score (nSPS) is 12.2. The Balaban J connectivity index is 2.30. The molecule has 0 radical (unpaired) electrons. The first kappa shape index (κ1) is 15.8. The van der Waals surface area contributed by atoms with Crippen LogP contribution in [0, 0.1) is 5.82 Å². The van der Waals surface area contributed by atoms with Crippen LogP contribution in [0.5, 0.6) is 5.75 Å². The first-order valence-electron chi connectivity index (χ1n) is 6.55. The molecule has 0 fully saturated rings. The smallest absolute Gasteiger partial charge is 0.142 e. The molecule has 3 nitrogen and oxygen atoms in total. The number of methoxy groups -OCH3 is 1. The molecule has 2 aromatic carbocycles. The van der Waals surface area contributed by atoms with E-state index in [1.165, 1.54) is 6.07 Å². The Labute approximate surface area is 128 Å². The van der Waals surface area contributed by atoms with Gasteiger partial charge in [-0.3, -0.25) is 0 Å². The Kier molecular flexibility index (Phi) is 5.56. The highest BCUT2D eigenvalue weighted by atomic mass is 35.5. The van der Waals surface area contributed by atoms with Crippen LogP contribution in [-0.2, 0) is 4.74 Å². The van der Waals surface area contributed by atoms with E-state index in [-0.39, 0.29) is 5.02 Å². The molecule has 0 aliphatic carbocycles. The molecule has 2 N–H and O–H groups in total. The molecule has 0 aliphatic rings. The number of hydrogen-bond acceptors (Lipinski definition) is 3. The minimum absolute atomic E-state index is 0.0386. The lowest BCUT2D eigenvalue weighted by Gasteiger charge is -2.18. The molecular formula is C16H17ClFNO2. The number of ether oxygens (including phenoxy) is 2. The number of halogens is 2. The number of para-hydroxylation sites is 1. The SMILES string of the molecule is COCCOc1ccccc1C(N)c1cccc(F)c1Cl. The summed E-state index contributed by atoms with van der Waals surface area (Å²) in [6.45, 7) is 0.890. The fourth-order valence-electron chi connectivity index (χ4n) is 2.03. The predicted octanol–water partition coefficient (Wildman–Crippen LogP) is 3.55. The molecule has 2 rings (SSSR count). The van der Waals surface area contributed by atoms with Gasteiger partial charge in [-0.15, -0.1) is 0 Å². The lowest BCUT2D eigenvalue weighted by Crippen LogP contribution is -2.15. The topological polar surface area (TPSA) is 44.5 Å². The van der Waals surface area contributed by atoms with E-state index in [1.54, 1.807) is 19.2 Å². The maximum absolute atomic E-state index is 13.6. The average Bonchev–Trinajstić information content (AvgIpc) is 2.50. The molecule has 0 saturated heterocycles. The van der Waals surface area contributed by atoms with Crippen LogP contribution in [-0.4, -0.2) is 20.3 Å². The second kappa shape index (κ2) is 7.41. The predicted molar refractivity (Wildman–Crippen MR) is 81.3 cm³/mol. The Morgan fingerprint density at radius 1 is 1.10 bits per heavy atom. The zero-order chi connectivity index (χ0) is 15.2. The van der Waals surface area contributed by atoms with Crippen molar-refractivity contribution in [3.05, 3.63) is 64.4 Å². The summed E-state index contributed by atoms with van der Waals surface area (Å²) in [5.74, 6) is 0.157. The van der Waals surface area contributed by atoms with Gasteiger partial charge in [0, 0.05) is 12.7 Å². The zero-order valence-corrected chi connectivity index (χ0v) is 12.4. The van der Waals surface area contributed by atoms with E-state index in [0.717, 1.165) is 5.56 Å². The molecule has 2 aromatic rings. The summed E-state index contributed by atoms with van der Waals surface area (Å²) in [6.07, 6.45) is 0. The molecule has 0 bridgehead atoms. The number of benzene rings is 2. The van der Waals surface area contributed by atoms with Crippen LogP contribution in [0.4, 0.5) is 4.39 Å². The van der Waals surface area contributed by atoms with Gasteiger partial charge in [0.05, 0.1) is 17.7 Å². The molecule has 0 aliphatic heterocycles. The monoisotopic (exact) mass is 309 g/mol. The van der Waals surface area contributed by atoms with Crippen LogP contribution in [0.15, 0.2) is 42.5 Å². The van der Waals surface area contributed by atoms with Gasteiger partial charge in [-0.05, 0) is 17.7 Å². The first-order valence-corrected chi connectivity index (χ1v) is 6.93. The molecule has 5 heteroatoms. The fourth-order valence-corrected chi connectivity index (χ4v) is 2.28. The highest BCUT2D eigenvalue weighted by Crippen LogP contribution is 2.32. The van der Waals surface area contributed by atoms with Crippen molar-refractivity contribution in [2.24, 2.45) is 5.73 Å². The summed E-state index contributed by atoms with van der Waals surface area (Å²) in [5.41, 5.74) is 7.51. The summed E-state index contributed by atoms with van der Waals surface area (Å²) in [4.78, 5) is 0. The average molecular weight is 310 g/mol. The van der Waals surface area contributed by atoms with Crippen molar-refractivity contribution in [1.82, 2.24) is 0 Å². The maximum atomic E-state index is 13.6. The second-order valence-corrected chi connectivity index (χ2v) is 4.88. The standard InChI is InChI=1S/C16H17ClFNO2/c1-20-9-10-21-14-8-3-2-5-11(14)16(19)12-6-4-7-13(18)15(12)17/h2-8,16H,9-10,19H2,1H3. The summed E-state index contributed by atoms with van der Waals surface area (Å²) in [6, 6.07) is 11.4. The molecule has 112 valence electrons.